The van der Waals surface area contributed by atoms with Crippen LogP contribution in [0.4, 0.5) is 0 Å². The van der Waals surface area contributed by atoms with Crippen molar-refractivity contribution in [3.05, 3.63) is 12.2 Å². The molecule has 2 unspecified atom stereocenters. The van der Waals surface area contributed by atoms with Crippen molar-refractivity contribution in [2.75, 3.05) is 13.2 Å². The first-order chi connectivity index (χ1) is 6.77. The Balaban J connectivity index is 2.29. The van der Waals surface area contributed by atoms with Crippen LogP contribution in [0.1, 0.15) is 39.0 Å². The Labute approximate surface area is 87.4 Å². The molecule has 1 aliphatic carbocycles. The highest BCUT2D eigenvalue weighted by Crippen LogP contribution is 2.23. The summed E-state index contributed by atoms with van der Waals surface area (Å²) in [5, 5.41) is 12.7. The highest BCUT2D eigenvalue weighted by atomic mass is 16.3. The summed E-state index contributed by atoms with van der Waals surface area (Å²) >= 11 is 0. The molecule has 0 spiro atoms. The third kappa shape index (κ3) is 3.43. The zero-order valence-electron chi connectivity index (χ0n) is 9.26. The predicted octanol–water partition coefficient (Wildman–Crippen LogP) is 2.09. The van der Waals surface area contributed by atoms with Gasteiger partial charge in [-0.15, -0.1) is 0 Å². The summed E-state index contributed by atoms with van der Waals surface area (Å²) in [4.78, 5) is 0. The zero-order valence-corrected chi connectivity index (χ0v) is 9.26. The Morgan fingerprint density at radius 2 is 2.14 bits per heavy atom. The second kappa shape index (κ2) is 6.20. The Bertz CT molecular complexity index is 179. The highest BCUT2D eigenvalue weighted by Gasteiger charge is 2.23. The van der Waals surface area contributed by atoms with E-state index < -0.39 is 0 Å². The van der Waals surface area contributed by atoms with Crippen molar-refractivity contribution in [2.24, 2.45) is 5.92 Å². The molecule has 0 aromatic rings. The first-order valence-corrected chi connectivity index (χ1v) is 5.78. The number of hydrogen-bond donors (Lipinski definition) is 2. The van der Waals surface area contributed by atoms with Gasteiger partial charge in [-0.25, -0.2) is 0 Å². The molecule has 0 aliphatic heterocycles. The standard InChI is InChI=1S/C12H23NO/c1-3-10(2)8-13-12-7-5-4-6-11(12)9-14/h11-14H,2-9H2,1H3. The van der Waals surface area contributed by atoms with E-state index in [0.29, 0.717) is 18.6 Å². The Hall–Kier alpha value is -0.340. The van der Waals surface area contributed by atoms with Crippen molar-refractivity contribution in [1.29, 1.82) is 0 Å². The molecule has 2 N–H and O–H groups in total. The molecule has 2 nitrogen and oxygen atoms in total. The molecule has 2 atom stereocenters. The lowest BCUT2D eigenvalue weighted by molar-refractivity contribution is 0.155. The summed E-state index contributed by atoms with van der Waals surface area (Å²) in [6.07, 6.45) is 6.00. The summed E-state index contributed by atoms with van der Waals surface area (Å²) in [6, 6.07) is 0.511. The van der Waals surface area contributed by atoms with Gasteiger partial charge < -0.3 is 10.4 Å². The number of rotatable bonds is 5. The minimum absolute atomic E-state index is 0.330. The highest BCUT2D eigenvalue weighted by molar-refractivity contribution is 4.96. The first-order valence-electron chi connectivity index (χ1n) is 5.78. The van der Waals surface area contributed by atoms with Gasteiger partial charge in [0.25, 0.3) is 0 Å². The van der Waals surface area contributed by atoms with E-state index in [1.165, 1.54) is 31.3 Å². The topological polar surface area (TPSA) is 32.3 Å². The van der Waals surface area contributed by atoms with Crippen molar-refractivity contribution in [3.63, 3.8) is 0 Å². The van der Waals surface area contributed by atoms with Gasteiger partial charge >= 0.3 is 0 Å². The third-order valence-electron chi connectivity index (χ3n) is 3.26. The maximum absolute atomic E-state index is 9.22. The van der Waals surface area contributed by atoms with Gasteiger partial charge in [0, 0.05) is 19.2 Å². The average Bonchev–Trinajstić information content (AvgIpc) is 2.26. The lowest BCUT2D eigenvalue weighted by Gasteiger charge is -2.31. The van der Waals surface area contributed by atoms with Gasteiger partial charge in [0.05, 0.1) is 0 Å². The van der Waals surface area contributed by atoms with Crippen molar-refractivity contribution in [3.8, 4) is 0 Å². The van der Waals surface area contributed by atoms with Gasteiger partial charge in [-0.1, -0.05) is 31.9 Å². The molecule has 1 aliphatic rings. The molecule has 1 fully saturated rings. The summed E-state index contributed by atoms with van der Waals surface area (Å²) < 4.78 is 0. The number of aliphatic hydroxyl groups excluding tert-OH is 1. The Morgan fingerprint density at radius 3 is 2.79 bits per heavy atom. The minimum Gasteiger partial charge on any atom is -0.396 e. The van der Waals surface area contributed by atoms with Crippen LogP contribution in [0.2, 0.25) is 0 Å². The minimum atomic E-state index is 0.330. The van der Waals surface area contributed by atoms with E-state index in [-0.39, 0.29) is 0 Å². The Morgan fingerprint density at radius 1 is 1.43 bits per heavy atom. The molecule has 0 heterocycles. The van der Waals surface area contributed by atoms with Crippen LogP contribution in [0.5, 0.6) is 0 Å². The molecule has 0 radical (unpaired) electrons. The molecular weight excluding hydrogens is 174 g/mol. The maximum atomic E-state index is 9.22. The maximum Gasteiger partial charge on any atom is 0.0474 e. The van der Waals surface area contributed by atoms with Gasteiger partial charge in [0.15, 0.2) is 0 Å². The van der Waals surface area contributed by atoms with Gasteiger partial charge in [-0.3, -0.25) is 0 Å². The van der Waals surface area contributed by atoms with Crippen molar-refractivity contribution in [2.45, 2.75) is 45.1 Å². The van der Waals surface area contributed by atoms with E-state index in [2.05, 4.69) is 18.8 Å². The van der Waals surface area contributed by atoms with Crippen LogP contribution >= 0.6 is 0 Å². The average molecular weight is 197 g/mol. The normalized spacial score (nSPS) is 27.6. The molecule has 0 saturated heterocycles. The third-order valence-corrected chi connectivity index (χ3v) is 3.26. The van der Waals surface area contributed by atoms with Crippen LogP contribution in [0.25, 0.3) is 0 Å². The van der Waals surface area contributed by atoms with Crippen LogP contribution in [0.3, 0.4) is 0 Å². The molecule has 14 heavy (non-hydrogen) atoms. The zero-order chi connectivity index (χ0) is 10.4. The summed E-state index contributed by atoms with van der Waals surface area (Å²) in [7, 11) is 0. The van der Waals surface area contributed by atoms with Crippen LogP contribution in [0, 0.1) is 5.92 Å². The van der Waals surface area contributed by atoms with Crippen LogP contribution in [0.15, 0.2) is 12.2 Å². The molecule has 1 saturated carbocycles. The fraction of sp³-hybridized carbons (Fsp3) is 0.833. The second-order valence-electron chi connectivity index (χ2n) is 4.32. The van der Waals surface area contributed by atoms with Gasteiger partial charge in [-0.05, 0) is 25.2 Å². The SMILES string of the molecule is C=C(CC)CNC1CCCCC1CO. The second-order valence-corrected chi connectivity index (χ2v) is 4.32. The molecule has 82 valence electrons. The van der Waals surface area contributed by atoms with E-state index in [1.54, 1.807) is 0 Å². The largest absolute Gasteiger partial charge is 0.396 e. The number of aliphatic hydroxyl groups is 1. The Kier molecular flexibility index (Phi) is 5.20. The molecular formula is C12H23NO. The van der Waals surface area contributed by atoms with Crippen molar-refractivity contribution >= 4 is 0 Å². The van der Waals surface area contributed by atoms with E-state index in [0.717, 1.165) is 13.0 Å². The van der Waals surface area contributed by atoms with Crippen LogP contribution < -0.4 is 5.32 Å². The van der Waals surface area contributed by atoms with E-state index in [9.17, 15) is 5.11 Å². The molecule has 0 bridgehead atoms. The summed E-state index contributed by atoms with van der Waals surface area (Å²) in [6.45, 7) is 7.36. The fourth-order valence-electron chi connectivity index (χ4n) is 2.10. The van der Waals surface area contributed by atoms with E-state index in [4.69, 9.17) is 0 Å². The fourth-order valence-corrected chi connectivity index (χ4v) is 2.10. The summed E-state index contributed by atoms with van der Waals surface area (Å²) in [5.74, 6) is 0.466. The summed E-state index contributed by atoms with van der Waals surface area (Å²) in [5.41, 5.74) is 1.26. The molecule has 2 heteroatoms. The monoisotopic (exact) mass is 197 g/mol. The molecule has 0 amide bonds. The van der Waals surface area contributed by atoms with E-state index in [1.807, 2.05) is 0 Å². The van der Waals surface area contributed by atoms with E-state index >= 15 is 0 Å². The molecule has 0 aromatic heterocycles. The van der Waals surface area contributed by atoms with Crippen molar-refractivity contribution < 1.29 is 5.11 Å². The van der Waals surface area contributed by atoms with Crippen LogP contribution in [-0.4, -0.2) is 24.3 Å². The lowest BCUT2D eigenvalue weighted by Crippen LogP contribution is -2.40. The number of nitrogens with one attached hydrogen (secondary N) is 1. The number of hydrogen-bond acceptors (Lipinski definition) is 2. The molecule has 1 rings (SSSR count). The quantitative estimate of drug-likeness (QED) is 0.661. The smallest absolute Gasteiger partial charge is 0.0474 e. The van der Waals surface area contributed by atoms with Crippen molar-refractivity contribution in [1.82, 2.24) is 5.32 Å². The van der Waals surface area contributed by atoms with Gasteiger partial charge in [0.1, 0.15) is 0 Å². The lowest BCUT2D eigenvalue weighted by atomic mass is 9.85. The van der Waals surface area contributed by atoms with Crippen LogP contribution in [-0.2, 0) is 0 Å². The molecule has 0 aromatic carbocycles. The van der Waals surface area contributed by atoms with Gasteiger partial charge in [0.2, 0.25) is 0 Å². The first kappa shape index (κ1) is 11.7. The predicted molar refractivity (Wildman–Crippen MR) is 60.3 cm³/mol. The van der Waals surface area contributed by atoms with Gasteiger partial charge in [-0.2, -0.15) is 0 Å².